The molecule has 0 aliphatic heterocycles. The van der Waals surface area contributed by atoms with Gasteiger partial charge in [-0.2, -0.15) is 0 Å². The second kappa shape index (κ2) is 8.19. The highest BCUT2D eigenvalue weighted by Gasteiger charge is 2.07. The van der Waals surface area contributed by atoms with Crippen LogP contribution in [0.25, 0.3) is 0 Å². The first-order valence-electron chi connectivity index (χ1n) is 6.59. The first kappa shape index (κ1) is 15.1. The number of aromatic nitrogens is 2. The van der Waals surface area contributed by atoms with Crippen molar-refractivity contribution >= 4 is 23.4 Å². The van der Waals surface area contributed by atoms with Gasteiger partial charge < -0.3 is 10.2 Å². The van der Waals surface area contributed by atoms with Gasteiger partial charge in [0.1, 0.15) is 11.6 Å². The van der Waals surface area contributed by atoms with Gasteiger partial charge in [-0.3, -0.25) is 0 Å². The lowest BCUT2D eigenvalue weighted by atomic mass is 10.2. The minimum Gasteiger partial charge on any atom is -0.370 e. The van der Waals surface area contributed by atoms with E-state index in [4.69, 9.17) is 0 Å². The van der Waals surface area contributed by atoms with Crippen LogP contribution in [-0.4, -0.2) is 36.4 Å². The van der Waals surface area contributed by atoms with E-state index in [0.717, 1.165) is 29.9 Å². The van der Waals surface area contributed by atoms with Crippen molar-refractivity contribution in [2.75, 3.05) is 36.6 Å². The average Bonchev–Trinajstić information content (AvgIpc) is 2.39. The number of hydrogen-bond acceptors (Lipinski definition) is 5. The molecular formula is C13H24N4S. The van der Waals surface area contributed by atoms with Gasteiger partial charge in [-0.1, -0.05) is 31.5 Å². The van der Waals surface area contributed by atoms with E-state index in [1.165, 1.54) is 19.3 Å². The van der Waals surface area contributed by atoms with Crippen LogP contribution in [0.5, 0.6) is 0 Å². The molecule has 1 N–H and O–H groups in total. The highest BCUT2D eigenvalue weighted by molar-refractivity contribution is 7.98. The van der Waals surface area contributed by atoms with Gasteiger partial charge in [0.05, 0.1) is 0 Å². The molecule has 0 aromatic carbocycles. The van der Waals surface area contributed by atoms with Crippen molar-refractivity contribution < 1.29 is 0 Å². The van der Waals surface area contributed by atoms with Crippen molar-refractivity contribution in [3.63, 3.8) is 0 Å². The molecule has 0 radical (unpaired) electrons. The zero-order chi connectivity index (χ0) is 13.4. The Bertz CT molecular complexity index is 357. The van der Waals surface area contributed by atoms with Gasteiger partial charge >= 0.3 is 0 Å². The van der Waals surface area contributed by atoms with Gasteiger partial charge in [0, 0.05) is 26.2 Å². The van der Waals surface area contributed by atoms with Crippen LogP contribution in [0.15, 0.2) is 11.2 Å². The van der Waals surface area contributed by atoms with E-state index < -0.39 is 0 Å². The molecule has 5 heteroatoms. The Morgan fingerprint density at radius 1 is 1.28 bits per heavy atom. The summed E-state index contributed by atoms with van der Waals surface area (Å²) in [5, 5.41) is 4.08. The Morgan fingerprint density at radius 3 is 2.67 bits per heavy atom. The zero-order valence-corrected chi connectivity index (χ0v) is 12.7. The molecule has 1 rings (SSSR count). The number of unbranched alkanes of at least 4 members (excludes halogenated alkanes) is 2. The second-order valence-corrected chi connectivity index (χ2v) is 5.03. The molecule has 0 amide bonds. The molecular weight excluding hydrogens is 244 g/mol. The summed E-state index contributed by atoms with van der Waals surface area (Å²) in [6.45, 7) is 6.22. The summed E-state index contributed by atoms with van der Waals surface area (Å²) in [6.07, 6.45) is 5.73. The van der Waals surface area contributed by atoms with Crippen LogP contribution < -0.4 is 10.2 Å². The minimum absolute atomic E-state index is 0.825. The van der Waals surface area contributed by atoms with Crippen LogP contribution in [0.1, 0.15) is 33.1 Å². The SMILES string of the molecule is CCCCCN(C)c1cc(NCC)nc(SC)n1. The highest BCUT2D eigenvalue weighted by Crippen LogP contribution is 2.19. The van der Waals surface area contributed by atoms with E-state index >= 15 is 0 Å². The Labute approximate surface area is 115 Å². The van der Waals surface area contributed by atoms with Gasteiger partial charge in [0.25, 0.3) is 0 Å². The summed E-state index contributed by atoms with van der Waals surface area (Å²) in [5.74, 6) is 1.91. The molecule has 4 nitrogen and oxygen atoms in total. The molecule has 0 saturated heterocycles. The van der Waals surface area contributed by atoms with Crippen LogP contribution in [-0.2, 0) is 0 Å². The summed E-state index contributed by atoms with van der Waals surface area (Å²) in [4.78, 5) is 11.2. The fourth-order valence-corrected chi connectivity index (χ4v) is 2.06. The maximum Gasteiger partial charge on any atom is 0.191 e. The monoisotopic (exact) mass is 268 g/mol. The zero-order valence-electron chi connectivity index (χ0n) is 11.9. The summed E-state index contributed by atoms with van der Waals surface area (Å²) in [5.41, 5.74) is 0. The lowest BCUT2D eigenvalue weighted by Gasteiger charge is -2.19. The van der Waals surface area contributed by atoms with Crippen LogP contribution in [0.4, 0.5) is 11.6 Å². The summed E-state index contributed by atoms with van der Waals surface area (Å²) >= 11 is 1.58. The topological polar surface area (TPSA) is 41.0 Å². The predicted octanol–water partition coefficient (Wildman–Crippen LogP) is 3.26. The number of anilines is 2. The maximum atomic E-state index is 4.55. The molecule has 0 saturated carbocycles. The first-order valence-corrected chi connectivity index (χ1v) is 7.81. The first-order chi connectivity index (χ1) is 8.71. The lowest BCUT2D eigenvalue weighted by molar-refractivity contribution is 0.698. The van der Waals surface area contributed by atoms with Gasteiger partial charge in [0.2, 0.25) is 0 Å². The van der Waals surface area contributed by atoms with Crippen molar-refractivity contribution in [3.8, 4) is 0 Å². The Kier molecular flexibility index (Phi) is 6.86. The Hall–Kier alpha value is -0.970. The van der Waals surface area contributed by atoms with Crippen molar-refractivity contribution in [2.24, 2.45) is 0 Å². The van der Waals surface area contributed by atoms with Gasteiger partial charge in [-0.15, -0.1) is 0 Å². The van der Waals surface area contributed by atoms with Crippen LogP contribution >= 0.6 is 11.8 Å². The van der Waals surface area contributed by atoms with E-state index in [1.807, 2.05) is 12.3 Å². The molecule has 0 aliphatic carbocycles. The van der Waals surface area contributed by atoms with E-state index in [-0.39, 0.29) is 0 Å². The average molecular weight is 268 g/mol. The van der Waals surface area contributed by atoms with Crippen molar-refractivity contribution in [3.05, 3.63) is 6.07 Å². The van der Waals surface area contributed by atoms with E-state index in [9.17, 15) is 0 Å². The third-order valence-corrected chi connectivity index (χ3v) is 3.27. The largest absolute Gasteiger partial charge is 0.370 e. The predicted molar refractivity (Wildman–Crippen MR) is 80.8 cm³/mol. The van der Waals surface area contributed by atoms with Gasteiger partial charge in [-0.05, 0) is 19.6 Å². The third-order valence-electron chi connectivity index (χ3n) is 2.72. The molecule has 1 aromatic heterocycles. The number of nitrogens with zero attached hydrogens (tertiary/aromatic N) is 3. The lowest BCUT2D eigenvalue weighted by Crippen LogP contribution is -2.20. The molecule has 18 heavy (non-hydrogen) atoms. The highest BCUT2D eigenvalue weighted by atomic mass is 32.2. The summed E-state index contributed by atoms with van der Waals surface area (Å²) in [7, 11) is 2.10. The molecule has 0 spiro atoms. The maximum absolute atomic E-state index is 4.55. The Balaban J connectivity index is 2.75. The third kappa shape index (κ3) is 4.72. The van der Waals surface area contributed by atoms with Gasteiger partial charge in [0.15, 0.2) is 5.16 Å². The van der Waals surface area contributed by atoms with E-state index in [0.29, 0.717) is 0 Å². The Morgan fingerprint density at radius 2 is 2.06 bits per heavy atom. The van der Waals surface area contributed by atoms with Crippen LogP contribution in [0, 0.1) is 0 Å². The number of nitrogens with one attached hydrogen (secondary N) is 1. The normalized spacial score (nSPS) is 10.4. The van der Waals surface area contributed by atoms with Crippen LogP contribution in [0.2, 0.25) is 0 Å². The van der Waals surface area contributed by atoms with Gasteiger partial charge in [-0.25, -0.2) is 9.97 Å². The molecule has 102 valence electrons. The fraction of sp³-hybridized carbons (Fsp3) is 0.692. The van der Waals surface area contributed by atoms with Crippen molar-refractivity contribution in [2.45, 2.75) is 38.3 Å². The quantitative estimate of drug-likeness (QED) is 0.445. The molecule has 1 heterocycles. The smallest absolute Gasteiger partial charge is 0.191 e. The number of hydrogen-bond donors (Lipinski definition) is 1. The standard InChI is InChI=1S/C13H24N4S/c1-5-7-8-9-17(3)12-10-11(14-6-2)15-13(16-12)18-4/h10H,5-9H2,1-4H3,(H,14,15,16). The number of thioether (sulfide) groups is 1. The minimum atomic E-state index is 0.825. The molecule has 0 atom stereocenters. The fourth-order valence-electron chi connectivity index (χ4n) is 1.68. The number of rotatable bonds is 8. The molecule has 0 aliphatic rings. The molecule has 0 unspecified atom stereocenters. The molecule has 0 fully saturated rings. The molecule has 0 bridgehead atoms. The summed E-state index contributed by atoms with van der Waals surface area (Å²) < 4.78 is 0. The van der Waals surface area contributed by atoms with Crippen molar-refractivity contribution in [1.29, 1.82) is 0 Å². The molecule has 1 aromatic rings. The summed E-state index contributed by atoms with van der Waals surface area (Å²) in [6, 6.07) is 2.02. The van der Waals surface area contributed by atoms with E-state index in [1.54, 1.807) is 11.8 Å². The second-order valence-electron chi connectivity index (χ2n) is 4.26. The van der Waals surface area contributed by atoms with Crippen molar-refractivity contribution in [1.82, 2.24) is 9.97 Å². The van der Waals surface area contributed by atoms with E-state index in [2.05, 4.69) is 41.1 Å². The van der Waals surface area contributed by atoms with Crippen LogP contribution in [0.3, 0.4) is 0 Å².